The number of hydrogen-bond acceptors (Lipinski definition) is 7. The second-order valence-electron chi connectivity index (χ2n) is 6.95. The Labute approximate surface area is 156 Å². The fourth-order valence-corrected chi connectivity index (χ4v) is 3.94. The molecule has 3 aromatic heterocycles. The summed E-state index contributed by atoms with van der Waals surface area (Å²) in [6, 6.07) is 5.23. The van der Waals surface area contributed by atoms with Gasteiger partial charge in [0, 0.05) is 30.7 Å². The second kappa shape index (κ2) is 6.21. The van der Waals surface area contributed by atoms with Gasteiger partial charge in [-0.3, -0.25) is 4.98 Å². The monoisotopic (exact) mass is 361 g/mol. The topological polar surface area (TPSA) is 91.4 Å². The van der Waals surface area contributed by atoms with Crippen LogP contribution in [0.15, 0.2) is 30.9 Å². The summed E-state index contributed by atoms with van der Waals surface area (Å²) >= 11 is 0. The summed E-state index contributed by atoms with van der Waals surface area (Å²) < 4.78 is 7.31. The number of piperazine rings is 1. The van der Waals surface area contributed by atoms with Crippen molar-refractivity contribution in [1.29, 1.82) is 5.26 Å². The molecule has 0 saturated carbocycles. The van der Waals surface area contributed by atoms with E-state index in [2.05, 4.69) is 31.4 Å². The molecule has 0 amide bonds. The molecule has 8 heteroatoms. The molecular weight excluding hydrogens is 342 g/mol. The highest BCUT2D eigenvalue weighted by Crippen LogP contribution is 2.30. The van der Waals surface area contributed by atoms with Crippen molar-refractivity contribution in [3.8, 4) is 23.1 Å². The summed E-state index contributed by atoms with van der Waals surface area (Å²) in [4.78, 5) is 11.6. The number of ether oxygens (including phenoxy) is 1. The van der Waals surface area contributed by atoms with Crippen LogP contribution in [0.4, 0.5) is 5.82 Å². The van der Waals surface area contributed by atoms with Gasteiger partial charge in [0.05, 0.1) is 48.2 Å². The zero-order valence-corrected chi connectivity index (χ0v) is 15.0. The number of rotatable bonds is 4. The average Bonchev–Trinajstić information content (AvgIpc) is 3.10. The largest absolute Gasteiger partial charge is 0.492 e. The van der Waals surface area contributed by atoms with Gasteiger partial charge >= 0.3 is 0 Å². The van der Waals surface area contributed by atoms with E-state index in [1.165, 1.54) is 6.42 Å². The van der Waals surface area contributed by atoms with Crippen LogP contribution in [0.3, 0.4) is 0 Å². The molecule has 3 fully saturated rings. The third kappa shape index (κ3) is 2.67. The SMILES string of the molecule is CCOc1cc(-c2cnc(N3CC4CC(C3)N4)cn2)c2c(C#N)cnn2c1. The molecule has 0 radical (unpaired) electrons. The van der Waals surface area contributed by atoms with Crippen molar-refractivity contribution in [2.75, 3.05) is 24.6 Å². The fourth-order valence-electron chi connectivity index (χ4n) is 3.94. The van der Waals surface area contributed by atoms with Crippen molar-refractivity contribution in [2.45, 2.75) is 25.4 Å². The molecular formula is C19H19N7O. The lowest BCUT2D eigenvalue weighted by molar-refractivity contribution is 0.225. The van der Waals surface area contributed by atoms with Gasteiger partial charge in [-0.1, -0.05) is 0 Å². The van der Waals surface area contributed by atoms with Crippen molar-refractivity contribution < 1.29 is 4.74 Å². The van der Waals surface area contributed by atoms with Crippen LogP contribution in [0.1, 0.15) is 18.9 Å². The van der Waals surface area contributed by atoms with Crippen LogP contribution in [-0.2, 0) is 0 Å². The number of nitrogens with zero attached hydrogens (tertiary/aromatic N) is 6. The van der Waals surface area contributed by atoms with Gasteiger partial charge in [0.1, 0.15) is 17.6 Å². The summed E-state index contributed by atoms with van der Waals surface area (Å²) in [5, 5.41) is 17.2. The maximum absolute atomic E-state index is 9.43. The first-order chi connectivity index (χ1) is 13.2. The highest BCUT2D eigenvalue weighted by molar-refractivity contribution is 5.83. The van der Waals surface area contributed by atoms with Crippen molar-refractivity contribution in [1.82, 2.24) is 24.9 Å². The molecule has 3 saturated heterocycles. The summed E-state index contributed by atoms with van der Waals surface area (Å²) in [5.41, 5.74) is 2.70. The van der Waals surface area contributed by atoms with Crippen LogP contribution < -0.4 is 15.0 Å². The molecule has 2 atom stereocenters. The number of fused-ring (bicyclic) bond motifs is 3. The quantitative estimate of drug-likeness (QED) is 0.755. The minimum Gasteiger partial charge on any atom is -0.492 e. The number of aromatic nitrogens is 4. The molecule has 1 N–H and O–H groups in total. The second-order valence-corrected chi connectivity index (χ2v) is 6.95. The van der Waals surface area contributed by atoms with Crippen LogP contribution in [0.2, 0.25) is 0 Å². The van der Waals surface area contributed by atoms with Crippen molar-refractivity contribution >= 4 is 11.3 Å². The normalized spacial score (nSPS) is 21.0. The van der Waals surface area contributed by atoms with E-state index >= 15 is 0 Å². The maximum atomic E-state index is 9.43. The predicted octanol–water partition coefficient (Wildman–Crippen LogP) is 1.61. The molecule has 3 aliphatic rings. The Bertz CT molecular complexity index is 1020. The van der Waals surface area contributed by atoms with E-state index in [1.807, 2.05) is 19.2 Å². The number of pyridine rings is 1. The maximum Gasteiger partial charge on any atom is 0.147 e. The van der Waals surface area contributed by atoms with Crippen molar-refractivity contribution in [2.24, 2.45) is 0 Å². The average molecular weight is 361 g/mol. The van der Waals surface area contributed by atoms with Gasteiger partial charge < -0.3 is 15.0 Å². The number of anilines is 1. The molecule has 3 aliphatic heterocycles. The first-order valence-corrected chi connectivity index (χ1v) is 9.13. The zero-order chi connectivity index (χ0) is 18.4. The van der Waals surface area contributed by atoms with E-state index in [1.54, 1.807) is 23.1 Å². The molecule has 27 heavy (non-hydrogen) atoms. The van der Waals surface area contributed by atoms with Crippen molar-refractivity contribution in [3.05, 3.63) is 36.4 Å². The van der Waals surface area contributed by atoms with Crippen molar-refractivity contribution in [3.63, 3.8) is 0 Å². The number of nitriles is 1. The summed E-state index contributed by atoms with van der Waals surface area (Å²) in [6.45, 7) is 4.42. The Hall–Kier alpha value is -3.18. The number of piperidine rings is 1. The molecule has 2 bridgehead atoms. The Morgan fingerprint density at radius 3 is 2.74 bits per heavy atom. The first-order valence-electron chi connectivity index (χ1n) is 9.13. The van der Waals surface area contributed by atoms with Gasteiger partial charge in [0.25, 0.3) is 0 Å². The third-order valence-corrected chi connectivity index (χ3v) is 5.18. The summed E-state index contributed by atoms with van der Waals surface area (Å²) in [6.07, 6.45) is 8.16. The van der Waals surface area contributed by atoms with Gasteiger partial charge in [0.15, 0.2) is 0 Å². The van der Waals surface area contributed by atoms with Gasteiger partial charge in [-0.2, -0.15) is 10.4 Å². The lowest BCUT2D eigenvalue weighted by atomic mass is 9.91. The highest BCUT2D eigenvalue weighted by Gasteiger charge is 2.36. The number of hydrogen-bond donors (Lipinski definition) is 1. The Morgan fingerprint density at radius 2 is 2.07 bits per heavy atom. The molecule has 0 spiro atoms. The minimum atomic E-state index is 0.501. The minimum absolute atomic E-state index is 0.501. The van der Waals surface area contributed by atoms with E-state index < -0.39 is 0 Å². The third-order valence-electron chi connectivity index (χ3n) is 5.18. The Balaban J connectivity index is 1.54. The molecule has 0 aliphatic carbocycles. The molecule has 3 aromatic rings. The molecule has 136 valence electrons. The van der Waals surface area contributed by atoms with Gasteiger partial charge in [-0.25, -0.2) is 9.50 Å². The van der Waals surface area contributed by atoms with E-state index in [0.29, 0.717) is 41.2 Å². The summed E-state index contributed by atoms with van der Waals surface area (Å²) in [7, 11) is 0. The Morgan fingerprint density at radius 1 is 1.26 bits per heavy atom. The highest BCUT2D eigenvalue weighted by atomic mass is 16.5. The molecule has 6 heterocycles. The van der Waals surface area contributed by atoms with E-state index in [9.17, 15) is 5.26 Å². The number of nitrogens with one attached hydrogen (secondary N) is 1. The fraction of sp³-hybridized carbons (Fsp3) is 0.368. The van der Waals surface area contributed by atoms with Gasteiger partial charge in [-0.05, 0) is 19.4 Å². The lowest BCUT2D eigenvalue weighted by Gasteiger charge is -2.48. The van der Waals surface area contributed by atoms with Gasteiger partial charge in [0.2, 0.25) is 0 Å². The lowest BCUT2D eigenvalue weighted by Crippen LogP contribution is -2.67. The zero-order valence-electron chi connectivity index (χ0n) is 15.0. The van der Waals surface area contributed by atoms with E-state index in [0.717, 1.165) is 24.5 Å². The molecule has 6 rings (SSSR count). The summed E-state index contributed by atoms with van der Waals surface area (Å²) in [5.74, 6) is 1.57. The van der Waals surface area contributed by atoms with Crippen LogP contribution in [0, 0.1) is 11.3 Å². The Kier molecular flexibility index (Phi) is 3.69. The van der Waals surface area contributed by atoms with E-state index in [4.69, 9.17) is 4.74 Å². The molecule has 0 aromatic carbocycles. The standard InChI is InChI=1S/C19H19N7O/c1-2-27-15-4-16(19-12(5-20)6-23-26(19)11-15)17-7-22-18(8-21-17)25-9-13-3-14(10-25)24-13/h4,6-8,11,13-14,24H,2-3,9-10H2,1H3. The predicted molar refractivity (Wildman–Crippen MR) is 99.6 cm³/mol. The van der Waals surface area contributed by atoms with Crippen LogP contribution >= 0.6 is 0 Å². The smallest absolute Gasteiger partial charge is 0.147 e. The first kappa shape index (κ1) is 16.0. The van der Waals surface area contributed by atoms with Crippen LogP contribution in [-0.4, -0.2) is 51.4 Å². The van der Waals surface area contributed by atoms with Gasteiger partial charge in [-0.15, -0.1) is 0 Å². The molecule has 8 nitrogen and oxygen atoms in total. The van der Waals surface area contributed by atoms with Crippen LogP contribution in [0.5, 0.6) is 5.75 Å². The van der Waals surface area contributed by atoms with Crippen LogP contribution in [0.25, 0.3) is 16.8 Å². The van der Waals surface area contributed by atoms with E-state index in [-0.39, 0.29) is 0 Å². The molecule has 2 unspecified atom stereocenters.